The van der Waals surface area contributed by atoms with E-state index in [1.165, 1.54) is 0 Å². The number of hydrogen-bond donors (Lipinski definition) is 0. The quantitative estimate of drug-likeness (QED) is 0.676. The molecule has 1 fully saturated rings. The van der Waals surface area contributed by atoms with Gasteiger partial charge in [0.1, 0.15) is 0 Å². The van der Waals surface area contributed by atoms with E-state index < -0.39 is 0 Å². The number of hydrogen-bond acceptors (Lipinski definition) is 5. The number of benzene rings is 2. The Morgan fingerprint density at radius 3 is 2.27 bits per heavy atom. The number of piperazine rings is 1. The molecule has 0 aliphatic carbocycles. The van der Waals surface area contributed by atoms with Gasteiger partial charge in [-0.2, -0.15) is 5.10 Å². The number of halogens is 2. The minimum absolute atomic E-state index is 0.656. The zero-order valence-electron chi connectivity index (χ0n) is 14.0. The fourth-order valence-electron chi connectivity index (χ4n) is 3.03. The molecule has 0 radical (unpaired) electrons. The van der Waals surface area contributed by atoms with E-state index in [1.54, 1.807) is 6.20 Å². The molecule has 0 amide bonds. The molecule has 1 aromatic heterocycles. The van der Waals surface area contributed by atoms with E-state index in [2.05, 4.69) is 31.0 Å². The van der Waals surface area contributed by atoms with Crippen molar-refractivity contribution in [2.24, 2.45) is 0 Å². The monoisotopic (exact) mass is 385 g/mol. The molecule has 3 aromatic rings. The Kier molecular flexibility index (Phi) is 4.91. The lowest BCUT2D eigenvalue weighted by atomic mass is 10.2. The molecule has 26 heavy (non-hydrogen) atoms. The van der Waals surface area contributed by atoms with E-state index in [0.717, 1.165) is 48.1 Å². The zero-order valence-corrected chi connectivity index (χ0v) is 15.5. The number of nitrogens with zero attached hydrogens (tertiary/aromatic N) is 5. The molecule has 2 heterocycles. The van der Waals surface area contributed by atoms with Crippen molar-refractivity contribution in [3.63, 3.8) is 0 Å². The second-order valence-corrected chi connectivity index (χ2v) is 6.98. The molecule has 1 aliphatic heterocycles. The van der Waals surface area contributed by atoms with Gasteiger partial charge in [0.15, 0.2) is 0 Å². The average molecular weight is 386 g/mol. The standard InChI is InChI=1S/C19H17Cl2N5/c20-15-6-4-14(5-7-15)18-13-22-24-19(23-18)26-10-8-25(9-11-26)17-3-1-2-16(21)12-17/h1-7,12-13H,8-11H2. The van der Waals surface area contributed by atoms with Gasteiger partial charge in [-0.1, -0.05) is 41.4 Å². The van der Waals surface area contributed by atoms with Crippen molar-refractivity contribution >= 4 is 34.8 Å². The van der Waals surface area contributed by atoms with E-state index >= 15 is 0 Å². The first kappa shape index (κ1) is 17.1. The highest BCUT2D eigenvalue weighted by atomic mass is 35.5. The highest BCUT2D eigenvalue weighted by Crippen LogP contribution is 2.23. The van der Waals surface area contributed by atoms with Gasteiger partial charge in [-0.05, 0) is 30.3 Å². The summed E-state index contributed by atoms with van der Waals surface area (Å²) in [5.41, 5.74) is 2.91. The third-order valence-corrected chi connectivity index (χ3v) is 4.91. The van der Waals surface area contributed by atoms with Crippen molar-refractivity contribution in [3.8, 4) is 11.3 Å². The van der Waals surface area contributed by atoms with Gasteiger partial charge in [0.2, 0.25) is 5.95 Å². The van der Waals surface area contributed by atoms with Crippen LogP contribution in [0.25, 0.3) is 11.3 Å². The van der Waals surface area contributed by atoms with Crippen LogP contribution >= 0.6 is 23.2 Å². The number of rotatable bonds is 3. The molecule has 0 saturated carbocycles. The normalized spacial score (nSPS) is 14.5. The average Bonchev–Trinajstić information content (AvgIpc) is 2.69. The minimum Gasteiger partial charge on any atom is -0.368 e. The van der Waals surface area contributed by atoms with E-state index in [1.807, 2.05) is 42.5 Å². The van der Waals surface area contributed by atoms with Crippen LogP contribution in [0.4, 0.5) is 11.6 Å². The van der Waals surface area contributed by atoms with Crippen molar-refractivity contribution in [2.75, 3.05) is 36.0 Å². The Labute approximate surface area is 162 Å². The largest absolute Gasteiger partial charge is 0.368 e. The van der Waals surface area contributed by atoms with Crippen LogP contribution in [-0.2, 0) is 0 Å². The van der Waals surface area contributed by atoms with Crippen molar-refractivity contribution in [1.82, 2.24) is 15.2 Å². The fourth-order valence-corrected chi connectivity index (χ4v) is 3.34. The molecule has 1 saturated heterocycles. The number of aromatic nitrogens is 3. The summed E-state index contributed by atoms with van der Waals surface area (Å²) >= 11 is 12.1. The van der Waals surface area contributed by atoms with E-state index in [-0.39, 0.29) is 0 Å². The van der Waals surface area contributed by atoms with E-state index in [4.69, 9.17) is 23.2 Å². The summed E-state index contributed by atoms with van der Waals surface area (Å²) in [6.45, 7) is 3.43. The molecule has 0 atom stereocenters. The first-order chi connectivity index (χ1) is 12.7. The molecular weight excluding hydrogens is 369 g/mol. The van der Waals surface area contributed by atoms with Gasteiger partial charge < -0.3 is 9.80 Å². The molecule has 0 N–H and O–H groups in total. The van der Waals surface area contributed by atoms with Gasteiger partial charge in [0.25, 0.3) is 0 Å². The molecule has 7 heteroatoms. The molecule has 0 spiro atoms. The smallest absolute Gasteiger partial charge is 0.246 e. The lowest BCUT2D eigenvalue weighted by Gasteiger charge is -2.36. The van der Waals surface area contributed by atoms with Crippen LogP contribution in [0.5, 0.6) is 0 Å². The highest BCUT2D eigenvalue weighted by Gasteiger charge is 2.20. The van der Waals surface area contributed by atoms with Gasteiger partial charge in [-0.15, -0.1) is 5.10 Å². The summed E-state index contributed by atoms with van der Waals surface area (Å²) in [6.07, 6.45) is 1.68. The predicted octanol–water partition coefficient (Wildman–Crippen LogP) is 4.17. The van der Waals surface area contributed by atoms with Gasteiger partial charge in [-0.3, -0.25) is 0 Å². The van der Waals surface area contributed by atoms with Crippen LogP contribution in [-0.4, -0.2) is 41.4 Å². The van der Waals surface area contributed by atoms with Crippen LogP contribution in [0.3, 0.4) is 0 Å². The Morgan fingerprint density at radius 1 is 0.808 bits per heavy atom. The van der Waals surface area contributed by atoms with Crippen LogP contribution in [0, 0.1) is 0 Å². The van der Waals surface area contributed by atoms with Crippen LogP contribution in [0.1, 0.15) is 0 Å². The van der Waals surface area contributed by atoms with Gasteiger partial charge in [0.05, 0.1) is 11.9 Å². The Hall–Kier alpha value is -2.37. The maximum atomic E-state index is 6.10. The van der Waals surface area contributed by atoms with Crippen LogP contribution in [0.2, 0.25) is 10.0 Å². The minimum atomic E-state index is 0.656. The maximum Gasteiger partial charge on any atom is 0.246 e. The second-order valence-electron chi connectivity index (χ2n) is 6.10. The fraction of sp³-hybridized carbons (Fsp3) is 0.211. The third-order valence-electron chi connectivity index (χ3n) is 4.42. The molecular formula is C19H17Cl2N5. The molecule has 2 aromatic carbocycles. The first-order valence-electron chi connectivity index (χ1n) is 8.40. The Morgan fingerprint density at radius 2 is 1.54 bits per heavy atom. The molecule has 1 aliphatic rings. The lowest BCUT2D eigenvalue weighted by molar-refractivity contribution is 0.635. The van der Waals surface area contributed by atoms with Crippen LogP contribution < -0.4 is 9.80 Å². The third kappa shape index (κ3) is 3.74. The summed E-state index contributed by atoms with van der Waals surface area (Å²) in [4.78, 5) is 9.16. The summed E-state index contributed by atoms with van der Waals surface area (Å²) in [7, 11) is 0. The van der Waals surface area contributed by atoms with Crippen molar-refractivity contribution in [1.29, 1.82) is 0 Å². The molecule has 0 bridgehead atoms. The summed E-state index contributed by atoms with van der Waals surface area (Å²) < 4.78 is 0. The second kappa shape index (κ2) is 7.48. The summed E-state index contributed by atoms with van der Waals surface area (Å²) in [5.74, 6) is 0.656. The van der Waals surface area contributed by atoms with Gasteiger partial charge in [-0.25, -0.2) is 4.98 Å². The van der Waals surface area contributed by atoms with Crippen LogP contribution in [0.15, 0.2) is 54.7 Å². The molecule has 0 unspecified atom stereocenters. The Bertz CT molecular complexity index is 892. The highest BCUT2D eigenvalue weighted by molar-refractivity contribution is 6.31. The van der Waals surface area contributed by atoms with E-state index in [9.17, 15) is 0 Å². The molecule has 4 rings (SSSR count). The van der Waals surface area contributed by atoms with Gasteiger partial charge in [0, 0.05) is 47.5 Å². The number of anilines is 2. The van der Waals surface area contributed by atoms with Crippen molar-refractivity contribution < 1.29 is 0 Å². The van der Waals surface area contributed by atoms with Crippen molar-refractivity contribution in [2.45, 2.75) is 0 Å². The molecule has 132 valence electrons. The predicted molar refractivity (Wildman–Crippen MR) is 106 cm³/mol. The first-order valence-corrected chi connectivity index (χ1v) is 9.16. The zero-order chi connectivity index (χ0) is 17.9. The van der Waals surface area contributed by atoms with Crippen molar-refractivity contribution in [3.05, 3.63) is 64.8 Å². The lowest BCUT2D eigenvalue weighted by Crippen LogP contribution is -2.47. The topological polar surface area (TPSA) is 45.2 Å². The molecule has 5 nitrogen and oxygen atoms in total. The SMILES string of the molecule is Clc1ccc(-c2cnnc(N3CCN(c4cccc(Cl)c4)CC3)n2)cc1. The summed E-state index contributed by atoms with van der Waals surface area (Å²) in [6, 6.07) is 15.5. The summed E-state index contributed by atoms with van der Waals surface area (Å²) in [5, 5.41) is 9.81. The van der Waals surface area contributed by atoms with Gasteiger partial charge >= 0.3 is 0 Å². The van der Waals surface area contributed by atoms with E-state index in [0.29, 0.717) is 11.0 Å². The maximum absolute atomic E-state index is 6.10. The Balaban J connectivity index is 1.48.